The summed E-state index contributed by atoms with van der Waals surface area (Å²) in [7, 11) is 0. The summed E-state index contributed by atoms with van der Waals surface area (Å²) < 4.78 is 7.03. The predicted octanol–water partition coefficient (Wildman–Crippen LogP) is 3.85. The van der Waals surface area contributed by atoms with Crippen molar-refractivity contribution in [1.29, 1.82) is 0 Å². The molecule has 16 heavy (non-hydrogen) atoms. The second-order valence-corrected chi connectivity index (χ2v) is 5.50. The molecule has 0 aliphatic heterocycles. The molecule has 2 rings (SSSR count). The lowest BCUT2D eigenvalue weighted by molar-refractivity contribution is 0.0697. The zero-order chi connectivity index (χ0) is 11.7. The first-order chi connectivity index (χ1) is 7.59. The van der Waals surface area contributed by atoms with Crippen molar-refractivity contribution in [1.82, 2.24) is 0 Å². The molecule has 2 aromatic rings. The van der Waals surface area contributed by atoms with E-state index in [9.17, 15) is 4.79 Å². The molecule has 1 aromatic heterocycles. The minimum absolute atomic E-state index is 0.270. The van der Waals surface area contributed by atoms with Gasteiger partial charge in [0.15, 0.2) is 0 Å². The quantitative estimate of drug-likeness (QED) is 0.723. The molecule has 1 aromatic carbocycles. The van der Waals surface area contributed by atoms with Gasteiger partial charge in [-0.05, 0) is 69.4 Å². The SMILES string of the molecule is O=C(O)c1cc(I)cc(I)c1-c1ccco1. The standard InChI is InChI=1S/C11H6I2O3/c12-6-4-7(11(14)15)10(8(13)5-6)9-2-1-3-16-9/h1-5H,(H,14,15). The zero-order valence-corrected chi connectivity index (χ0v) is 12.2. The number of hydrogen-bond donors (Lipinski definition) is 1. The second kappa shape index (κ2) is 4.74. The van der Waals surface area contributed by atoms with E-state index in [1.807, 2.05) is 6.07 Å². The van der Waals surface area contributed by atoms with Crippen molar-refractivity contribution in [2.45, 2.75) is 0 Å². The van der Waals surface area contributed by atoms with Crippen LogP contribution in [0, 0.1) is 7.14 Å². The van der Waals surface area contributed by atoms with E-state index in [1.165, 1.54) is 6.26 Å². The molecule has 0 bridgehead atoms. The highest BCUT2D eigenvalue weighted by molar-refractivity contribution is 14.1. The third-order valence-electron chi connectivity index (χ3n) is 2.05. The van der Waals surface area contributed by atoms with E-state index < -0.39 is 5.97 Å². The lowest BCUT2D eigenvalue weighted by Gasteiger charge is -2.07. The summed E-state index contributed by atoms with van der Waals surface area (Å²) in [4.78, 5) is 11.2. The molecule has 0 atom stereocenters. The van der Waals surface area contributed by atoms with E-state index in [2.05, 4.69) is 45.2 Å². The third kappa shape index (κ3) is 2.24. The van der Waals surface area contributed by atoms with E-state index in [-0.39, 0.29) is 5.56 Å². The van der Waals surface area contributed by atoms with Crippen LogP contribution in [0.1, 0.15) is 10.4 Å². The number of carboxylic acid groups (broad SMARTS) is 1. The Morgan fingerprint density at radius 3 is 2.62 bits per heavy atom. The molecule has 1 heterocycles. The zero-order valence-electron chi connectivity index (χ0n) is 7.91. The largest absolute Gasteiger partial charge is 0.478 e. The third-order valence-corrected chi connectivity index (χ3v) is 3.53. The van der Waals surface area contributed by atoms with Crippen molar-refractivity contribution in [2.24, 2.45) is 0 Å². The van der Waals surface area contributed by atoms with E-state index in [1.54, 1.807) is 18.2 Å². The van der Waals surface area contributed by atoms with Crippen molar-refractivity contribution in [3.8, 4) is 11.3 Å². The van der Waals surface area contributed by atoms with E-state index >= 15 is 0 Å². The van der Waals surface area contributed by atoms with Gasteiger partial charge in [0.1, 0.15) is 5.76 Å². The Balaban J connectivity index is 2.72. The van der Waals surface area contributed by atoms with Crippen LogP contribution in [0.5, 0.6) is 0 Å². The second-order valence-electron chi connectivity index (χ2n) is 3.09. The van der Waals surface area contributed by atoms with Crippen LogP contribution in [-0.2, 0) is 0 Å². The molecule has 0 saturated carbocycles. The van der Waals surface area contributed by atoms with Gasteiger partial charge in [0.25, 0.3) is 0 Å². The van der Waals surface area contributed by atoms with Gasteiger partial charge >= 0.3 is 5.97 Å². The smallest absolute Gasteiger partial charge is 0.336 e. The normalized spacial score (nSPS) is 10.4. The molecule has 0 aliphatic carbocycles. The molecule has 0 saturated heterocycles. The summed E-state index contributed by atoms with van der Waals surface area (Å²) in [6.45, 7) is 0. The Bertz CT molecular complexity index is 532. The van der Waals surface area contributed by atoms with Crippen LogP contribution in [0.15, 0.2) is 34.9 Å². The summed E-state index contributed by atoms with van der Waals surface area (Å²) in [5.41, 5.74) is 0.907. The van der Waals surface area contributed by atoms with Gasteiger partial charge in [-0.2, -0.15) is 0 Å². The molecule has 0 unspecified atom stereocenters. The topological polar surface area (TPSA) is 50.4 Å². The first kappa shape index (κ1) is 11.9. The number of rotatable bonds is 2. The molecule has 0 spiro atoms. The summed E-state index contributed by atoms with van der Waals surface area (Å²) >= 11 is 4.22. The highest BCUT2D eigenvalue weighted by Crippen LogP contribution is 2.31. The number of furan rings is 1. The number of aromatic carboxylic acids is 1. The molecule has 5 heteroatoms. The minimum atomic E-state index is -0.942. The van der Waals surface area contributed by atoms with Gasteiger partial charge in [0, 0.05) is 12.7 Å². The van der Waals surface area contributed by atoms with Crippen molar-refractivity contribution in [2.75, 3.05) is 0 Å². The molecular formula is C11H6I2O3. The maximum absolute atomic E-state index is 11.2. The van der Waals surface area contributed by atoms with Crippen molar-refractivity contribution < 1.29 is 14.3 Å². The van der Waals surface area contributed by atoms with Crippen LogP contribution in [0.4, 0.5) is 0 Å². The summed E-state index contributed by atoms with van der Waals surface area (Å²) in [5.74, 6) is -0.360. The first-order valence-corrected chi connectivity index (χ1v) is 6.51. The Hall–Kier alpha value is -0.570. The van der Waals surface area contributed by atoms with Gasteiger partial charge in [-0.25, -0.2) is 4.79 Å². The maximum Gasteiger partial charge on any atom is 0.336 e. The fraction of sp³-hybridized carbons (Fsp3) is 0. The molecular weight excluding hydrogens is 434 g/mol. The summed E-state index contributed by atoms with van der Waals surface area (Å²) in [6.07, 6.45) is 1.54. The predicted molar refractivity (Wildman–Crippen MR) is 76.5 cm³/mol. The average molecular weight is 440 g/mol. The van der Waals surface area contributed by atoms with Gasteiger partial charge in [-0.15, -0.1) is 0 Å². The van der Waals surface area contributed by atoms with Gasteiger partial charge in [0.05, 0.1) is 11.8 Å². The van der Waals surface area contributed by atoms with Crippen LogP contribution in [0.3, 0.4) is 0 Å². The summed E-state index contributed by atoms with van der Waals surface area (Å²) in [5, 5.41) is 9.17. The van der Waals surface area contributed by atoms with Crippen LogP contribution in [0.25, 0.3) is 11.3 Å². The first-order valence-electron chi connectivity index (χ1n) is 4.36. The Morgan fingerprint density at radius 1 is 1.31 bits per heavy atom. The number of halogens is 2. The lowest BCUT2D eigenvalue weighted by Crippen LogP contribution is -2.01. The molecule has 0 aliphatic rings. The van der Waals surface area contributed by atoms with Crippen molar-refractivity contribution in [3.63, 3.8) is 0 Å². The van der Waals surface area contributed by atoms with Gasteiger partial charge in [-0.1, -0.05) is 0 Å². The maximum atomic E-state index is 11.2. The van der Waals surface area contributed by atoms with Crippen LogP contribution in [-0.4, -0.2) is 11.1 Å². The van der Waals surface area contributed by atoms with Gasteiger partial charge in [-0.3, -0.25) is 0 Å². The fourth-order valence-corrected chi connectivity index (χ4v) is 3.52. The highest BCUT2D eigenvalue weighted by atomic mass is 127. The summed E-state index contributed by atoms with van der Waals surface area (Å²) in [6, 6.07) is 7.07. The van der Waals surface area contributed by atoms with E-state index in [4.69, 9.17) is 9.52 Å². The molecule has 82 valence electrons. The van der Waals surface area contributed by atoms with Gasteiger partial charge in [0.2, 0.25) is 0 Å². The number of benzene rings is 1. The number of carboxylic acids is 1. The molecule has 0 fully saturated rings. The Kier molecular flexibility index (Phi) is 3.53. The fourth-order valence-electron chi connectivity index (χ4n) is 1.41. The molecule has 0 radical (unpaired) electrons. The monoisotopic (exact) mass is 440 g/mol. The van der Waals surface area contributed by atoms with Crippen LogP contribution < -0.4 is 0 Å². The van der Waals surface area contributed by atoms with Crippen molar-refractivity contribution in [3.05, 3.63) is 43.2 Å². The average Bonchev–Trinajstić information content (AvgIpc) is 2.69. The Labute approximate surface area is 119 Å². The van der Waals surface area contributed by atoms with Crippen LogP contribution in [0.2, 0.25) is 0 Å². The number of carbonyl (C=O) groups is 1. The number of hydrogen-bond acceptors (Lipinski definition) is 2. The van der Waals surface area contributed by atoms with Crippen molar-refractivity contribution >= 4 is 51.2 Å². The van der Waals surface area contributed by atoms with E-state index in [0.29, 0.717) is 11.3 Å². The Morgan fingerprint density at radius 2 is 2.06 bits per heavy atom. The molecule has 3 nitrogen and oxygen atoms in total. The molecule has 0 amide bonds. The van der Waals surface area contributed by atoms with Crippen LogP contribution >= 0.6 is 45.2 Å². The van der Waals surface area contributed by atoms with Gasteiger partial charge < -0.3 is 9.52 Å². The van der Waals surface area contributed by atoms with E-state index in [0.717, 1.165) is 7.14 Å². The molecule has 1 N–H and O–H groups in total. The minimum Gasteiger partial charge on any atom is -0.478 e. The highest BCUT2D eigenvalue weighted by Gasteiger charge is 2.17. The lowest BCUT2D eigenvalue weighted by atomic mass is 10.1.